The molecule has 19 heavy (non-hydrogen) atoms. The molecule has 0 aliphatic carbocycles. The van der Waals surface area contributed by atoms with Gasteiger partial charge in [-0.1, -0.05) is 0 Å². The minimum Gasteiger partial charge on any atom is -0.395 e. The van der Waals surface area contributed by atoms with E-state index >= 15 is 0 Å². The van der Waals surface area contributed by atoms with Gasteiger partial charge in [-0.15, -0.1) is 0 Å². The van der Waals surface area contributed by atoms with Crippen molar-refractivity contribution < 1.29 is 18.3 Å². The van der Waals surface area contributed by atoms with Crippen LogP contribution in [0.4, 0.5) is 20.2 Å². The lowest BCUT2D eigenvalue weighted by atomic mass is 10.2. The fourth-order valence-corrected chi connectivity index (χ4v) is 1.42. The maximum atomic E-state index is 13.1. The number of amides is 1. The molecule has 0 unspecified atom stereocenters. The first-order valence-corrected chi connectivity index (χ1v) is 5.78. The van der Waals surface area contributed by atoms with E-state index in [2.05, 4.69) is 10.6 Å². The average molecular weight is 273 g/mol. The van der Waals surface area contributed by atoms with Crippen molar-refractivity contribution in [3.8, 4) is 0 Å². The molecule has 0 atom stereocenters. The first-order chi connectivity index (χ1) is 9.04. The van der Waals surface area contributed by atoms with Crippen molar-refractivity contribution in [2.24, 2.45) is 0 Å². The maximum absolute atomic E-state index is 13.1. The number of rotatable bonds is 7. The van der Waals surface area contributed by atoms with Crippen LogP contribution in [0.3, 0.4) is 0 Å². The van der Waals surface area contributed by atoms with E-state index in [-0.39, 0.29) is 30.2 Å². The zero-order valence-corrected chi connectivity index (χ0v) is 10.6. The van der Waals surface area contributed by atoms with Crippen molar-refractivity contribution in [1.29, 1.82) is 0 Å². The summed E-state index contributed by atoms with van der Waals surface area (Å²) in [6.45, 7) is 1.08. The third kappa shape index (κ3) is 5.09. The van der Waals surface area contributed by atoms with E-state index in [4.69, 9.17) is 10.5 Å². The standard InChI is InChI=1S/C12H17F2N3O2/c1-19-5-4-17-11(18)2-3-16-10-7-8(13)6-9(14)12(10)15/h6-7,16H,2-5,15H2,1H3,(H,17,18). The third-order valence-corrected chi connectivity index (χ3v) is 2.39. The topological polar surface area (TPSA) is 76.4 Å². The largest absolute Gasteiger partial charge is 0.395 e. The van der Waals surface area contributed by atoms with Crippen molar-refractivity contribution in [3.63, 3.8) is 0 Å². The van der Waals surface area contributed by atoms with Crippen LogP contribution in [0.5, 0.6) is 0 Å². The molecule has 1 aromatic rings. The molecule has 7 heteroatoms. The number of methoxy groups -OCH3 is 1. The van der Waals surface area contributed by atoms with Gasteiger partial charge in [-0.3, -0.25) is 4.79 Å². The van der Waals surface area contributed by atoms with Crippen molar-refractivity contribution in [2.45, 2.75) is 6.42 Å². The van der Waals surface area contributed by atoms with Crippen LogP contribution in [-0.4, -0.2) is 32.7 Å². The van der Waals surface area contributed by atoms with Crippen LogP contribution in [-0.2, 0) is 9.53 Å². The van der Waals surface area contributed by atoms with Gasteiger partial charge < -0.3 is 21.1 Å². The summed E-state index contributed by atoms with van der Waals surface area (Å²) < 4.78 is 30.9. The third-order valence-electron chi connectivity index (χ3n) is 2.39. The number of anilines is 2. The zero-order valence-electron chi connectivity index (χ0n) is 10.6. The summed E-state index contributed by atoms with van der Waals surface area (Å²) in [4.78, 5) is 11.3. The molecule has 5 nitrogen and oxygen atoms in total. The number of hydrogen-bond donors (Lipinski definition) is 3. The molecule has 0 aromatic heterocycles. The van der Waals surface area contributed by atoms with Crippen molar-refractivity contribution in [2.75, 3.05) is 37.9 Å². The van der Waals surface area contributed by atoms with E-state index in [9.17, 15) is 13.6 Å². The van der Waals surface area contributed by atoms with Crippen molar-refractivity contribution in [1.82, 2.24) is 5.32 Å². The van der Waals surface area contributed by atoms with Gasteiger partial charge in [-0.25, -0.2) is 8.78 Å². The van der Waals surface area contributed by atoms with Gasteiger partial charge in [0.25, 0.3) is 0 Å². The van der Waals surface area contributed by atoms with E-state index < -0.39 is 11.6 Å². The molecule has 0 bridgehead atoms. The minimum absolute atomic E-state index is 0.141. The second-order valence-corrected chi connectivity index (χ2v) is 3.87. The smallest absolute Gasteiger partial charge is 0.221 e. The van der Waals surface area contributed by atoms with Crippen molar-refractivity contribution >= 4 is 17.3 Å². The van der Waals surface area contributed by atoms with Gasteiger partial charge in [0, 0.05) is 32.7 Å². The number of carbonyl (C=O) groups excluding carboxylic acids is 1. The Kier molecular flexibility index (Phi) is 6.01. The molecule has 1 amide bonds. The second kappa shape index (κ2) is 7.52. The summed E-state index contributed by atoms with van der Waals surface area (Å²) in [6, 6.07) is 1.79. The van der Waals surface area contributed by atoms with Crippen molar-refractivity contribution in [3.05, 3.63) is 23.8 Å². The predicted molar refractivity (Wildman–Crippen MR) is 68.8 cm³/mol. The Morgan fingerprint density at radius 3 is 2.79 bits per heavy atom. The maximum Gasteiger partial charge on any atom is 0.221 e. The predicted octanol–water partition coefficient (Wildman–Crippen LogP) is 1.11. The second-order valence-electron chi connectivity index (χ2n) is 3.87. The highest BCUT2D eigenvalue weighted by Crippen LogP contribution is 2.23. The van der Waals surface area contributed by atoms with Gasteiger partial charge in [0.05, 0.1) is 18.0 Å². The highest BCUT2D eigenvalue weighted by Gasteiger charge is 2.08. The molecule has 0 aliphatic heterocycles. The quantitative estimate of drug-likeness (QED) is 0.514. The van der Waals surface area contributed by atoms with Gasteiger partial charge in [-0.2, -0.15) is 0 Å². The van der Waals surface area contributed by atoms with E-state index in [1.54, 1.807) is 0 Å². The molecular formula is C12H17F2N3O2. The number of nitrogen functional groups attached to an aromatic ring is 1. The van der Waals surface area contributed by atoms with Crippen LogP contribution in [0.25, 0.3) is 0 Å². The molecule has 4 N–H and O–H groups in total. The fraction of sp³-hybridized carbons (Fsp3) is 0.417. The van der Waals surface area contributed by atoms with E-state index in [0.717, 1.165) is 6.07 Å². The van der Waals surface area contributed by atoms with Crippen LogP contribution in [0.2, 0.25) is 0 Å². The Hall–Kier alpha value is -1.89. The zero-order chi connectivity index (χ0) is 14.3. The molecule has 0 heterocycles. The van der Waals surface area contributed by atoms with Crippen LogP contribution in [0.1, 0.15) is 6.42 Å². The minimum atomic E-state index is -0.827. The number of carbonyl (C=O) groups is 1. The molecule has 0 saturated heterocycles. The summed E-state index contributed by atoms with van der Waals surface area (Å²) in [5.41, 5.74) is 5.42. The summed E-state index contributed by atoms with van der Waals surface area (Å²) in [5.74, 6) is -1.73. The molecule has 0 radical (unpaired) electrons. The van der Waals surface area contributed by atoms with E-state index in [1.807, 2.05) is 0 Å². The number of nitrogens with one attached hydrogen (secondary N) is 2. The van der Waals surface area contributed by atoms with Gasteiger partial charge in [0.1, 0.15) is 5.82 Å². The number of halogens is 2. The van der Waals surface area contributed by atoms with Gasteiger partial charge in [-0.05, 0) is 6.07 Å². The first-order valence-electron chi connectivity index (χ1n) is 5.78. The fourth-order valence-electron chi connectivity index (χ4n) is 1.42. The van der Waals surface area contributed by atoms with Gasteiger partial charge in [0.15, 0.2) is 5.82 Å². The summed E-state index contributed by atoms with van der Waals surface area (Å²) in [5, 5.41) is 5.34. The summed E-state index contributed by atoms with van der Waals surface area (Å²) in [7, 11) is 1.54. The Balaban J connectivity index is 2.39. The summed E-state index contributed by atoms with van der Waals surface area (Å²) >= 11 is 0. The Morgan fingerprint density at radius 2 is 2.11 bits per heavy atom. The number of benzene rings is 1. The normalized spacial score (nSPS) is 10.3. The molecule has 0 aliphatic rings. The van der Waals surface area contributed by atoms with Crippen LogP contribution in [0.15, 0.2) is 12.1 Å². The molecule has 1 aromatic carbocycles. The molecule has 0 saturated carbocycles. The Labute approximate surface area is 110 Å². The number of nitrogens with two attached hydrogens (primary N) is 1. The molecule has 106 valence electrons. The summed E-state index contributed by atoms with van der Waals surface area (Å²) in [6.07, 6.45) is 0.168. The Bertz CT molecular complexity index is 441. The molecule has 1 rings (SSSR count). The Morgan fingerprint density at radius 1 is 1.37 bits per heavy atom. The number of ether oxygens (including phenoxy) is 1. The van der Waals surface area contributed by atoms with Gasteiger partial charge in [0.2, 0.25) is 5.91 Å². The molecular weight excluding hydrogens is 256 g/mol. The lowest BCUT2D eigenvalue weighted by Gasteiger charge is -2.10. The number of hydrogen-bond acceptors (Lipinski definition) is 4. The van der Waals surface area contributed by atoms with Gasteiger partial charge >= 0.3 is 0 Å². The van der Waals surface area contributed by atoms with Crippen LogP contribution >= 0.6 is 0 Å². The van der Waals surface area contributed by atoms with E-state index in [1.165, 1.54) is 7.11 Å². The average Bonchev–Trinajstić information content (AvgIpc) is 2.35. The SMILES string of the molecule is COCCNC(=O)CCNc1cc(F)cc(F)c1N. The lowest BCUT2D eigenvalue weighted by molar-refractivity contribution is -0.121. The van der Waals surface area contributed by atoms with Crippen LogP contribution < -0.4 is 16.4 Å². The molecule has 0 fully saturated rings. The highest BCUT2D eigenvalue weighted by atomic mass is 19.1. The monoisotopic (exact) mass is 273 g/mol. The molecule has 0 spiro atoms. The lowest BCUT2D eigenvalue weighted by Crippen LogP contribution is -2.28. The highest BCUT2D eigenvalue weighted by molar-refractivity contribution is 5.76. The van der Waals surface area contributed by atoms with E-state index in [0.29, 0.717) is 19.2 Å². The van der Waals surface area contributed by atoms with Crippen LogP contribution in [0, 0.1) is 11.6 Å². The first kappa shape index (κ1) is 15.2.